The van der Waals surface area contributed by atoms with Crippen LogP contribution in [0.1, 0.15) is 343 Å². The zero-order chi connectivity index (χ0) is 86.5. The molecule has 0 radical (unpaired) electrons. The molecule has 0 saturated heterocycles. The summed E-state index contributed by atoms with van der Waals surface area (Å²) in [5.41, 5.74) is 12.8. The summed E-state index contributed by atoms with van der Waals surface area (Å²) < 4.78 is 26.8. The van der Waals surface area contributed by atoms with E-state index < -0.39 is 60.5 Å². The summed E-state index contributed by atoms with van der Waals surface area (Å²) in [5, 5.41) is 109. The van der Waals surface area contributed by atoms with Crippen LogP contribution >= 0.6 is 0 Å². The van der Waals surface area contributed by atoms with Crippen molar-refractivity contribution in [1.82, 2.24) is 21.3 Å². The summed E-state index contributed by atoms with van der Waals surface area (Å²) in [7, 11) is 0. The van der Waals surface area contributed by atoms with E-state index in [0.29, 0.717) is 71.6 Å². The van der Waals surface area contributed by atoms with Crippen LogP contribution in [0.3, 0.4) is 0 Å². The Balaban J connectivity index is 0.000000142. The average molecular weight is 1740 g/mol. The van der Waals surface area contributed by atoms with E-state index in [1.54, 1.807) is 28.4 Å². The predicted octanol–water partition coefficient (Wildman–Crippen LogP) is 21.6. The van der Waals surface area contributed by atoms with Crippen LogP contribution in [-0.4, -0.2) is 140 Å². The third kappa shape index (κ3) is 17.8. The highest BCUT2D eigenvalue weighted by molar-refractivity contribution is 5.44. The second kappa shape index (κ2) is 39.3. The minimum Gasteiger partial charge on any atom is -0.390 e. The highest BCUT2D eigenvalue weighted by atomic mass is 19.2. The van der Waals surface area contributed by atoms with Crippen molar-refractivity contribution in [3.63, 3.8) is 0 Å². The standard InChI is InChI=1S/C27H37F2NO2.C27H39NO2.C27H45NO2.C26H46N2O2.3CH4/c1-26(2)10-9-17-18(26)5-6-19-23(17)25(32)24(31)20-13-16(8-11-27(19,20)3)30-14-15-4-7-21(28)22(29)12-15;1-4-26(2)14-13-19-20(26)10-11-21-23(19)25(30)24(29)22-16-18(12-15-27(21,22)3)28-17-8-6-5-7-9-17;1-4-17-10-11-20-23-21(13-15-26(17,20)2)27(3)14-12-19(16-22(27)24(29)25(23)30)28-18-8-6-5-7-9-18;1-5-13-27-14-15-28-18-9-11-26(4)20-10-12-25(3)17(6-2)7-8-19(25)22(20)24(30)23(29)21(26)16-18;;;/h4,7,12,16,19-20,23-25,30-32H,5-6,8-11,13-14H2,1-3H3;5-9,18,21-25,28-30H,4,10-16H2,1-3H3;4,18-25,28-30H,5-16H2,1-3H3;6,18-24,27-30H,5,7-16H2,1-4H3;3*1H4/b;;17-4-;17-6-;;;/t16-,19?,20?,23?,24-,25-,27-;18?,21?,22?,23?,24-,25-,26-,27-;19?,20?,21?,22?,23?,24-,25-,26-,27-;18?,19?,20?,21?,22?,23-,24-,25-,26-;;;/m1111.../s1. The molecule has 0 bridgehead atoms. The first kappa shape index (κ1) is 99.1. The van der Waals surface area contributed by atoms with Gasteiger partial charge in [0.1, 0.15) is 0 Å². The molecule has 0 heterocycles. The molecule has 125 heavy (non-hydrogen) atoms. The van der Waals surface area contributed by atoms with Crippen LogP contribution in [0.2, 0.25) is 0 Å². The molecular weight excluding hydrogens is 1560 g/mol. The first-order chi connectivity index (χ1) is 58.2. The summed E-state index contributed by atoms with van der Waals surface area (Å²) in [6.07, 6.45) is 40.9. The molecule has 33 atom stereocenters. The SMILES string of the molecule is C.C.C.C/C=C1/CCC2C3C(CC[C@]12C)[C@@]1(C)CCC(NC2CCCCC2)CC1[C@@H](O)[C@@H]3O.C/C=C1/CCC2C3C(CC[C@]12C)[C@@]1(C)CCC(NCCNCCC)CC1[C@@H](O)[C@@H]3O.CC1(C)CCC2=C1CCC1C2[C@@H](O)[C@H](O)C2C[C@H](NCc3ccc(F)c(F)c3)CC[C@]12C.CC[C@]1(C)CCC2=C1CCC1C2[C@@H](O)[C@H](O)C2CC(Nc3ccccc3)CC[C@]12C. The van der Waals surface area contributed by atoms with Crippen LogP contribution in [0.25, 0.3) is 0 Å². The number of anilines is 1. The van der Waals surface area contributed by atoms with Crippen LogP contribution in [0.15, 0.2) is 94.1 Å². The minimum absolute atomic E-state index is 0. The van der Waals surface area contributed by atoms with Crippen LogP contribution in [0, 0.1) is 138 Å². The molecule has 0 amide bonds. The van der Waals surface area contributed by atoms with Gasteiger partial charge in [0.15, 0.2) is 11.6 Å². The van der Waals surface area contributed by atoms with Crippen molar-refractivity contribution in [1.29, 1.82) is 0 Å². The number of nitrogens with one attached hydrogen (secondary N) is 5. The van der Waals surface area contributed by atoms with Gasteiger partial charge in [-0.05, 0) is 370 Å². The van der Waals surface area contributed by atoms with Crippen LogP contribution in [-0.2, 0) is 6.54 Å². The summed E-state index contributed by atoms with van der Waals surface area (Å²) in [4.78, 5) is 0. The molecule has 13 fully saturated rings. The number of para-hydroxylation sites is 1. The van der Waals surface area contributed by atoms with Crippen LogP contribution in [0.4, 0.5) is 14.5 Å². The molecule has 17 aliphatic rings. The predicted molar refractivity (Wildman–Crippen MR) is 508 cm³/mol. The molecule has 0 aliphatic heterocycles. The lowest BCUT2D eigenvalue weighted by atomic mass is 9.43. The Morgan fingerprint density at radius 1 is 0.392 bits per heavy atom. The van der Waals surface area contributed by atoms with Gasteiger partial charge in [0, 0.05) is 67.4 Å². The molecule has 2 aromatic rings. The van der Waals surface area contributed by atoms with Gasteiger partial charge in [-0.25, -0.2) is 8.78 Å². The number of benzene rings is 2. The van der Waals surface area contributed by atoms with Crippen molar-refractivity contribution in [2.45, 2.75) is 423 Å². The number of hydrogen-bond donors (Lipinski definition) is 13. The van der Waals surface area contributed by atoms with Crippen molar-refractivity contribution in [3.8, 4) is 0 Å². The Morgan fingerprint density at radius 3 is 1.36 bits per heavy atom. The highest BCUT2D eigenvalue weighted by Crippen LogP contribution is 2.72. The fourth-order valence-electron chi connectivity index (χ4n) is 33.6. The maximum absolute atomic E-state index is 13.5. The molecule has 706 valence electrons. The Kier molecular flexibility index (Phi) is 31.1. The van der Waals surface area contributed by atoms with E-state index in [0.717, 1.165) is 114 Å². The van der Waals surface area contributed by atoms with Crippen molar-refractivity contribution in [2.75, 3.05) is 25.0 Å². The smallest absolute Gasteiger partial charge is 0.159 e. The Morgan fingerprint density at radius 2 is 0.848 bits per heavy atom. The Labute approximate surface area is 757 Å². The summed E-state index contributed by atoms with van der Waals surface area (Å²) in [5.74, 6) is 3.00. The second-order valence-electron chi connectivity index (χ2n) is 46.5. The number of aliphatic hydroxyl groups is 8. The minimum atomic E-state index is -0.826. The molecule has 13 nitrogen and oxygen atoms in total. The van der Waals surface area contributed by atoms with E-state index in [9.17, 15) is 49.6 Å². The molecule has 19 rings (SSSR count). The van der Waals surface area contributed by atoms with Gasteiger partial charge in [-0.3, -0.25) is 0 Å². The number of aliphatic hydroxyl groups excluding tert-OH is 8. The number of allylic oxidation sites excluding steroid dienone is 6. The summed E-state index contributed by atoms with van der Waals surface area (Å²) in [6.45, 7) is 34.1. The largest absolute Gasteiger partial charge is 0.390 e. The zero-order valence-electron chi connectivity index (χ0n) is 77.8. The molecular formula is C110H179F2N5O8. The normalized spacial score (nSPS) is 46.0. The molecule has 13 saturated carbocycles. The lowest BCUT2D eigenvalue weighted by Gasteiger charge is -2.63. The quantitative estimate of drug-likeness (QED) is 0.0626. The fraction of sp³-hybridized carbons (Fsp3) is 0.818. The van der Waals surface area contributed by atoms with Gasteiger partial charge in [0.2, 0.25) is 0 Å². The summed E-state index contributed by atoms with van der Waals surface area (Å²) >= 11 is 0. The molecule has 17 unspecified atom stereocenters. The van der Waals surface area contributed by atoms with Gasteiger partial charge in [0.25, 0.3) is 0 Å². The molecule has 0 aromatic heterocycles. The number of hydrogen-bond acceptors (Lipinski definition) is 13. The van der Waals surface area contributed by atoms with Crippen molar-refractivity contribution < 1.29 is 49.6 Å². The van der Waals surface area contributed by atoms with Crippen LogP contribution in [0.5, 0.6) is 0 Å². The maximum Gasteiger partial charge on any atom is 0.159 e. The van der Waals surface area contributed by atoms with Crippen molar-refractivity contribution in [2.24, 2.45) is 126 Å². The molecule has 0 spiro atoms. The summed E-state index contributed by atoms with van der Waals surface area (Å²) in [6, 6.07) is 16.7. The van der Waals surface area contributed by atoms with Crippen molar-refractivity contribution in [3.05, 3.63) is 111 Å². The van der Waals surface area contributed by atoms with E-state index in [2.05, 4.69) is 153 Å². The molecule has 2 aromatic carbocycles. The van der Waals surface area contributed by atoms with E-state index in [-0.39, 0.29) is 114 Å². The van der Waals surface area contributed by atoms with Gasteiger partial charge in [-0.1, -0.05) is 188 Å². The van der Waals surface area contributed by atoms with Gasteiger partial charge >= 0.3 is 0 Å². The van der Waals surface area contributed by atoms with Gasteiger partial charge in [-0.15, -0.1) is 0 Å². The van der Waals surface area contributed by atoms with E-state index >= 15 is 0 Å². The first-order valence-corrected chi connectivity index (χ1v) is 50.6. The number of halogens is 2. The number of rotatable bonds is 14. The lowest BCUT2D eigenvalue weighted by Crippen LogP contribution is -2.64. The van der Waals surface area contributed by atoms with Gasteiger partial charge in [0.05, 0.1) is 48.8 Å². The first-order valence-electron chi connectivity index (χ1n) is 50.6. The second-order valence-corrected chi connectivity index (χ2v) is 46.5. The van der Waals surface area contributed by atoms with E-state index in [1.165, 1.54) is 165 Å². The third-order valence-corrected chi connectivity index (χ3v) is 40.8. The monoisotopic (exact) mass is 1740 g/mol. The maximum atomic E-state index is 13.5. The topological polar surface area (TPSA) is 222 Å². The molecule has 13 N–H and O–H groups in total. The van der Waals surface area contributed by atoms with Crippen molar-refractivity contribution >= 4 is 5.69 Å². The van der Waals surface area contributed by atoms with E-state index in [1.807, 2.05) is 6.07 Å². The molecule has 17 aliphatic carbocycles. The molecule has 15 heteroatoms. The zero-order valence-corrected chi connectivity index (χ0v) is 77.8. The number of fused-ring (bicyclic) bond motifs is 18. The van der Waals surface area contributed by atoms with Gasteiger partial charge in [-0.2, -0.15) is 0 Å². The fourth-order valence-corrected chi connectivity index (χ4v) is 33.6. The van der Waals surface area contributed by atoms with Crippen LogP contribution < -0.4 is 26.6 Å². The lowest BCUT2D eigenvalue weighted by molar-refractivity contribution is -0.211. The Hall–Kier alpha value is -3.42. The Bertz CT molecular complexity index is 4070. The van der Waals surface area contributed by atoms with E-state index in [4.69, 9.17) is 0 Å². The van der Waals surface area contributed by atoms with Gasteiger partial charge < -0.3 is 67.4 Å². The third-order valence-electron chi connectivity index (χ3n) is 40.8. The average Bonchev–Trinajstić information content (AvgIpc) is 1.68. The highest BCUT2D eigenvalue weighted by Gasteiger charge is 2.68.